The maximum Gasteiger partial charge on any atom is 0.336 e. The first-order valence-corrected chi connectivity index (χ1v) is 8.86. The first-order valence-electron chi connectivity index (χ1n) is 8.86. The normalized spacial score (nSPS) is 11.1. The van der Waals surface area contributed by atoms with Gasteiger partial charge in [-0.3, -0.25) is 4.79 Å². The Morgan fingerprint density at radius 3 is 2.64 bits per heavy atom. The zero-order chi connectivity index (χ0) is 19.8. The predicted molar refractivity (Wildman–Crippen MR) is 105 cm³/mol. The van der Waals surface area contributed by atoms with E-state index in [4.69, 9.17) is 18.3 Å². The molecule has 2 aromatic carbocycles. The molecule has 0 bridgehead atoms. The summed E-state index contributed by atoms with van der Waals surface area (Å²) in [5, 5.41) is 1.46. The molecule has 0 radical (unpaired) electrons. The van der Waals surface area contributed by atoms with Crippen LogP contribution in [-0.2, 0) is 4.79 Å². The van der Waals surface area contributed by atoms with Crippen LogP contribution >= 0.6 is 0 Å². The molecule has 0 saturated heterocycles. The van der Waals surface area contributed by atoms with Gasteiger partial charge in [-0.05, 0) is 36.8 Å². The van der Waals surface area contributed by atoms with Crippen molar-refractivity contribution in [1.29, 1.82) is 0 Å². The number of esters is 1. The van der Waals surface area contributed by atoms with Crippen LogP contribution in [0, 0.1) is 6.92 Å². The lowest BCUT2D eigenvalue weighted by Crippen LogP contribution is -2.07. The molecular weight excluding hydrogens is 360 g/mol. The molecule has 0 amide bonds. The number of fused-ring (bicyclic) bond motifs is 2. The zero-order valence-electron chi connectivity index (χ0n) is 15.7. The van der Waals surface area contributed by atoms with Gasteiger partial charge in [-0.2, -0.15) is 0 Å². The van der Waals surface area contributed by atoms with Crippen LogP contribution < -0.4 is 15.1 Å². The van der Waals surface area contributed by atoms with Crippen LogP contribution in [0.15, 0.2) is 56.1 Å². The van der Waals surface area contributed by atoms with Gasteiger partial charge in [0.05, 0.1) is 7.11 Å². The third kappa shape index (κ3) is 3.03. The molecule has 0 N–H and O–H groups in total. The van der Waals surface area contributed by atoms with Gasteiger partial charge in [-0.1, -0.05) is 19.1 Å². The molecule has 0 saturated carbocycles. The maximum atomic E-state index is 12.1. The number of aryl methyl sites for hydroxylation is 1. The van der Waals surface area contributed by atoms with E-state index in [1.165, 1.54) is 6.07 Å². The molecule has 28 heavy (non-hydrogen) atoms. The fourth-order valence-corrected chi connectivity index (χ4v) is 3.13. The Balaban J connectivity index is 1.96. The summed E-state index contributed by atoms with van der Waals surface area (Å²) in [5.74, 6) is 1.18. The number of hydrogen-bond donors (Lipinski definition) is 0. The number of carbonyl (C=O) groups is 1. The van der Waals surface area contributed by atoms with Crippen molar-refractivity contribution in [3.05, 3.63) is 58.4 Å². The van der Waals surface area contributed by atoms with Crippen LogP contribution in [0.3, 0.4) is 0 Å². The van der Waals surface area contributed by atoms with Gasteiger partial charge < -0.3 is 18.3 Å². The molecule has 142 valence electrons. The fraction of sp³-hybridized carbons (Fsp3) is 0.182. The summed E-state index contributed by atoms with van der Waals surface area (Å²) in [4.78, 5) is 23.9. The molecule has 0 aliphatic rings. The van der Waals surface area contributed by atoms with E-state index in [1.807, 2.05) is 18.2 Å². The number of benzene rings is 2. The average molecular weight is 378 g/mol. The highest BCUT2D eigenvalue weighted by molar-refractivity contribution is 5.97. The lowest BCUT2D eigenvalue weighted by Gasteiger charge is -2.09. The Kier molecular flexibility index (Phi) is 4.39. The van der Waals surface area contributed by atoms with Crippen LogP contribution in [0.1, 0.15) is 18.9 Å². The van der Waals surface area contributed by atoms with E-state index in [9.17, 15) is 9.59 Å². The number of hydrogen-bond acceptors (Lipinski definition) is 6. The van der Waals surface area contributed by atoms with Crippen LogP contribution in [0.5, 0.6) is 11.5 Å². The number of furan rings is 1. The molecule has 0 atom stereocenters. The summed E-state index contributed by atoms with van der Waals surface area (Å²) >= 11 is 0. The van der Waals surface area contributed by atoms with E-state index in [1.54, 1.807) is 39.2 Å². The van der Waals surface area contributed by atoms with Crippen molar-refractivity contribution in [3.63, 3.8) is 0 Å². The number of rotatable bonds is 4. The third-order valence-corrected chi connectivity index (χ3v) is 4.55. The van der Waals surface area contributed by atoms with Crippen molar-refractivity contribution < 1.29 is 23.1 Å². The predicted octanol–water partition coefficient (Wildman–Crippen LogP) is 4.84. The summed E-state index contributed by atoms with van der Waals surface area (Å²) in [6.45, 7) is 3.52. The smallest absolute Gasteiger partial charge is 0.336 e. The highest BCUT2D eigenvalue weighted by atomic mass is 16.5. The Labute approximate surface area is 160 Å². The van der Waals surface area contributed by atoms with Crippen molar-refractivity contribution in [2.45, 2.75) is 20.3 Å². The molecule has 0 spiro atoms. The van der Waals surface area contributed by atoms with Crippen LogP contribution in [-0.4, -0.2) is 13.1 Å². The SMILES string of the molecule is CCC(=O)Oc1cc2c(-c3cc4cccc(OC)c4o3)cc(=O)oc2cc1C. The van der Waals surface area contributed by atoms with Crippen molar-refractivity contribution in [2.24, 2.45) is 0 Å². The van der Waals surface area contributed by atoms with E-state index < -0.39 is 5.63 Å². The van der Waals surface area contributed by atoms with Crippen LogP contribution in [0.4, 0.5) is 0 Å². The minimum atomic E-state index is -0.493. The van der Waals surface area contributed by atoms with Crippen molar-refractivity contribution >= 4 is 27.9 Å². The molecule has 0 aliphatic heterocycles. The van der Waals surface area contributed by atoms with Gasteiger partial charge in [0.15, 0.2) is 11.3 Å². The monoisotopic (exact) mass is 378 g/mol. The standard InChI is InChI=1S/C22H18O6/c1-4-20(23)26-17-10-14-15(11-21(24)27-18(14)8-12(17)2)19-9-13-6-5-7-16(25-3)22(13)28-19/h5-11H,4H2,1-3H3. The van der Waals surface area contributed by atoms with E-state index in [0.717, 1.165) is 5.39 Å². The van der Waals surface area contributed by atoms with E-state index in [-0.39, 0.29) is 12.4 Å². The van der Waals surface area contributed by atoms with Crippen molar-refractivity contribution in [2.75, 3.05) is 7.11 Å². The Bertz CT molecular complexity index is 1260. The van der Waals surface area contributed by atoms with Gasteiger partial charge in [-0.25, -0.2) is 4.79 Å². The van der Waals surface area contributed by atoms with Crippen LogP contribution in [0.25, 0.3) is 33.3 Å². The minimum absolute atomic E-state index is 0.261. The first-order chi connectivity index (χ1) is 13.5. The van der Waals surface area contributed by atoms with Crippen molar-refractivity contribution in [1.82, 2.24) is 0 Å². The summed E-state index contributed by atoms with van der Waals surface area (Å²) in [6, 6.07) is 12.2. The number of carbonyl (C=O) groups excluding carboxylic acids is 1. The number of para-hydroxylation sites is 1. The zero-order valence-corrected chi connectivity index (χ0v) is 15.7. The molecule has 4 aromatic rings. The molecule has 2 aromatic heterocycles. The Morgan fingerprint density at radius 1 is 1.07 bits per heavy atom. The second kappa shape index (κ2) is 6.88. The van der Waals surface area contributed by atoms with Gasteiger partial charge in [0, 0.05) is 28.8 Å². The van der Waals surface area contributed by atoms with Crippen LogP contribution in [0.2, 0.25) is 0 Å². The molecule has 0 unspecified atom stereocenters. The highest BCUT2D eigenvalue weighted by Crippen LogP contribution is 2.37. The highest BCUT2D eigenvalue weighted by Gasteiger charge is 2.17. The number of methoxy groups -OCH3 is 1. The molecule has 6 heteroatoms. The van der Waals surface area contributed by atoms with E-state index >= 15 is 0 Å². The first kappa shape index (κ1) is 17.9. The summed E-state index contributed by atoms with van der Waals surface area (Å²) in [6.07, 6.45) is 0.261. The molecule has 4 rings (SSSR count). The summed E-state index contributed by atoms with van der Waals surface area (Å²) in [7, 11) is 1.57. The topological polar surface area (TPSA) is 78.9 Å². The Morgan fingerprint density at radius 2 is 1.89 bits per heavy atom. The minimum Gasteiger partial charge on any atom is -0.493 e. The third-order valence-electron chi connectivity index (χ3n) is 4.55. The van der Waals surface area contributed by atoms with E-state index in [0.29, 0.717) is 44.9 Å². The quantitative estimate of drug-likeness (QED) is 0.287. The van der Waals surface area contributed by atoms with Gasteiger partial charge in [0.1, 0.15) is 17.1 Å². The maximum absolute atomic E-state index is 12.1. The lowest BCUT2D eigenvalue weighted by molar-refractivity contribution is -0.134. The van der Waals surface area contributed by atoms with Gasteiger partial charge in [0.25, 0.3) is 0 Å². The fourth-order valence-electron chi connectivity index (χ4n) is 3.13. The lowest BCUT2D eigenvalue weighted by atomic mass is 10.0. The molecule has 6 nitrogen and oxygen atoms in total. The van der Waals surface area contributed by atoms with E-state index in [2.05, 4.69) is 0 Å². The summed E-state index contributed by atoms with van der Waals surface area (Å²) < 4.78 is 22.1. The molecule has 2 heterocycles. The van der Waals surface area contributed by atoms with Gasteiger partial charge >= 0.3 is 11.6 Å². The second-order valence-electron chi connectivity index (χ2n) is 6.41. The summed E-state index contributed by atoms with van der Waals surface area (Å²) in [5.41, 5.74) is 1.74. The van der Waals surface area contributed by atoms with Gasteiger partial charge in [-0.15, -0.1) is 0 Å². The second-order valence-corrected chi connectivity index (χ2v) is 6.41. The molecular formula is C22H18O6. The number of ether oxygens (including phenoxy) is 2. The largest absolute Gasteiger partial charge is 0.493 e. The molecule has 0 aliphatic carbocycles. The Hall–Kier alpha value is -3.54. The molecule has 0 fully saturated rings. The van der Waals surface area contributed by atoms with Crippen molar-refractivity contribution in [3.8, 4) is 22.8 Å². The average Bonchev–Trinajstić information content (AvgIpc) is 3.12. The van der Waals surface area contributed by atoms with Gasteiger partial charge in [0.2, 0.25) is 0 Å².